The number of rotatable bonds is 3. The molecular weight excluding hydrogens is 433 g/mol. The lowest BCUT2D eigenvalue weighted by molar-refractivity contribution is -0.131. The van der Waals surface area contributed by atoms with Gasteiger partial charge < -0.3 is 19.1 Å². The molecule has 3 rings (SSSR count). The summed E-state index contributed by atoms with van der Waals surface area (Å²) < 4.78 is 32.3. The molecule has 0 aromatic heterocycles. The quantitative estimate of drug-likeness (QED) is 0.508. The molecule has 1 aromatic rings. The summed E-state index contributed by atoms with van der Waals surface area (Å²) in [6.07, 6.45) is 5.67. The van der Waals surface area contributed by atoms with Crippen molar-refractivity contribution in [3.63, 3.8) is 0 Å². The highest BCUT2D eigenvalue weighted by atomic mass is 35.5. The van der Waals surface area contributed by atoms with Gasteiger partial charge in [-0.25, -0.2) is 9.18 Å². The molecule has 1 fully saturated rings. The number of hydrogen-bond donors (Lipinski definition) is 0. The predicted octanol–water partition coefficient (Wildman–Crippen LogP) is 6.61. The molecule has 2 aliphatic heterocycles. The summed E-state index contributed by atoms with van der Waals surface area (Å²) >= 11 is 5.90. The minimum Gasteiger partial charge on any atom is -0.445 e. The van der Waals surface area contributed by atoms with Crippen LogP contribution in [0.2, 0.25) is 5.02 Å². The van der Waals surface area contributed by atoms with Crippen LogP contribution >= 0.6 is 11.6 Å². The van der Waals surface area contributed by atoms with Crippen molar-refractivity contribution in [2.24, 2.45) is 0 Å². The minimum atomic E-state index is -1.35. The Bertz CT molecular complexity index is 1020. The molecule has 5 nitrogen and oxygen atoms in total. The zero-order valence-electron chi connectivity index (χ0n) is 19.1. The summed E-state index contributed by atoms with van der Waals surface area (Å²) in [7, 11) is 0. The van der Waals surface area contributed by atoms with Crippen LogP contribution in [0.4, 0.5) is 9.18 Å². The molecule has 1 amide bonds. The van der Waals surface area contributed by atoms with Gasteiger partial charge in [-0.2, -0.15) is 0 Å². The van der Waals surface area contributed by atoms with E-state index in [4.69, 9.17) is 25.8 Å². The van der Waals surface area contributed by atoms with Gasteiger partial charge in [0.1, 0.15) is 11.4 Å². The molecule has 2 aliphatic rings. The first-order valence-corrected chi connectivity index (χ1v) is 10.9. The van der Waals surface area contributed by atoms with Crippen LogP contribution in [-0.2, 0) is 20.0 Å². The number of ether oxygens (including phenoxy) is 3. The van der Waals surface area contributed by atoms with E-state index < -0.39 is 17.2 Å². The second-order valence-corrected chi connectivity index (χ2v) is 9.22. The van der Waals surface area contributed by atoms with Crippen molar-refractivity contribution in [2.45, 2.75) is 52.4 Å². The topological polar surface area (TPSA) is 48.0 Å². The normalized spacial score (nSPS) is 23.9. The summed E-state index contributed by atoms with van der Waals surface area (Å²) in [6, 6.07) is 4.38. The summed E-state index contributed by atoms with van der Waals surface area (Å²) in [6.45, 7) is 13.9. The van der Waals surface area contributed by atoms with Gasteiger partial charge in [-0.05, 0) is 64.0 Å². The van der Waals surface area contributed by atoms with Crippen LogP contribution in [0.15, 0.2) is 65.7 Å². The number of hydrogen-bond acceptors (Lipinski definition) is 4. The Balaban J connectivity index is 1.89. The Morgan fingerprint density at radius 2 is 2.06 bits per heavy atom. The predicted molar refractivity (Wildman–Crippen MR) is 122 cm³/mol. The lowest BCUT2D eigenvalue weighted by Gasteiger charge is -2.30. The maximum absolute atomic E-state index is 14.6. The lowest BCUT2D eigenvalue weighted by atomic mass is 9.97. The monoisotopic (exact) mass is 461 g/mol. The zero-order chi connectivity index (χ0) is 23.7. The lowest BCUT2D eigenvalue weighted by Crippen LogP contribution is -2.39. The first kappa shape index (κ1) is 23.9. The number of carbonyl (C=O) groups excluding carboxylic acids is 1. The van der Waals surface area contributed by atoms with E-state index in [1.54, 1.807) is 36.1 Å². The molecule has 1 aromatic carbocycles. The van der Waals surface area contributed by atoms with E-state index in [0.717, 1.165) is 11.1 Å². The maximum Gasteiger partial charge on any atom is 0.410 e. The zero-order valence-corrected chi connectivity index (χ0v) is 19.9. The van der Waals surface area contributed by atoms with Crippen molar-refractivity contribution in [1.29, 1.82) is 0 Å². The molecule has 2 heterocycles. The van der Waals surface area contributed by atoms with E-state index in [9.17, 15) is 9.18 Å². The highest BCUT2D eigenvalue weighted by Crippen LogP contribution is 2.45. The number of amides is 1. The van der Waals surface area contributed by atoms with E-state index >= 15 is 0 Å². The third-order valence-corrected chi connectivity index (χ3v) is 5.40. The Hall–Kier alpha value is -2.73. The van der Waals surface area contributed by atoms with Gasteiger partial charge in [0.05, 0.1) is 5.56 Å². The largest absolute Gasteiger partial charge is 0.445 e. The van der Waals surface area contributed by atoms with E-state index in [-0.39, 0.29) is 11.7 Å². The van der Waals surface area contributed by atoms with E-state index in [0.29, 0.717) is 36.1 Å². The number of carbonyl (C=O) groups is 1. The first-order valence-electron chi connectivity index (χ1n) is 10.5. The van der Waals surface area contributed by atoms with Crippen molar-refractivity contribution in [3.8, 4) is 0 Å². The van der Waals surface area contributed by atoms with Crippen molar-refractivity contribution < 1.29 is 23.4 Å². The Morgan fingerprint density at radius 3 is 2.59 bits per heavy atom. The molecule has 32 heavy (non-hydrogen) atoms. The van der Waals surface area contributed by atoms with Gasteiger partial charge in [-0.15, -0.1) is 0 Å². The molecule has 0 radical (unpaired) electrons. The molecule has 1 saturated heterocycles. The molecule has 172 valence electrons. The van der Waals surface area contributed by atoms with Gasteiger partial charge in [0, 0.05) is 30.6 Å². The first-order chi connectivity index (χ1) is 15.0. The average Bonchev–Trinajstić information content (AvgIpc) is 3.05. The van der Waals surface area contributed by atoms with Crippen LogP contribution in [0.3, 0.4) is 0 Å². The summed E-state index contributed by atoms with van der Waals surface area (Å²) in [5.74, 6) is -0.886. The molecule has 0 N–H and O–H groups in total. The van der Waals surface area contributed by atoms with Crippen molar-refractivity contribution in [3.05, 3.63) is 82.1 Å². The smallest absolute Gasteiger partial charge is 0.410 e. The second kappa shape index (κ2) is 9.02. The molecule has 1 atom stereocenters. The van der Waals surface area contributed by atoms with Gasteiger partial charge in [0.25, 0.3) is 5.79 Å². The Morgan fingerprint density at radius 1 is 1.34 bits per heavy atom. The summed E-state index contributed by atoms with van der Waals surface area (Å²) in [5.41, 5.74) is 1.42. The van der Waals surface area contributed by atoms with Crippen molar-refractivity contribution >= 4 is 17.7 Å². The second-order valence-electron chi connectivity index (χ2n) is 8.78. The molecule has 1 unspecified atom stereocenters. The van der Waals surface area contributed by atoms with Crippen LogP contribution in [0.25, 0.3) is 0 Å². The third-order valence-electron chi connectivity index (χ3n) is 5.16. The highest BCUT2D eigenvalue weighted by molar-refractivity contribution is 6.30. The fourth-order valence-electron chi connectivity index (χ4n) is 3.64. The van der Waals surface area contributed by atoms with Crippen LogP contribution in [0, 0.1) is 5.82 Å². The van der Waals surface area contributed by atoms with Crippen LogP contribution in [0.1, 0.15) is 46.6 Å². The van der Waals surface area contributed by atoms with Gasteiger partial charge in [-0.1, -0.05) is 30.3 Å². The third kappa shape index (κ3) is 5.01. The van der Waals surface area contributed by atoms with Gasteiger partial charge in [0.15, 0.2) is 11.5 Å². The summed E-state index contributed by atoms with van der Waals surface area (Å²) in [4.78, 5) is 14.0. The van der Waals surface area contributed by atoms with Crippen LogP contribution < -0.4 is 0 Å². The molecule has 0 saturated carbocycles. The average molecular weight is 462 g/mol. The van der Waals surface area contributed by atoms with E-state index in [1.165, 1.54) is 6.07 Å². The van der Waals surface area contributed by atoms with Gasteiger partial charge in [-0.3, -0.25) is 0 Å². The molecular formula is C25H29ClFNO4. The molecule has 7 heteroatoms. The maximum atomic E-state index is 14.6. The Labute approximate surface area is 193 Å². The molecule has 0 aliphatic carbocycles. The summed E-state index contributed by atoms with van der Waals surface area (Å²) in [5, 5.41) is 0.295. The highest BCUT2D eigenvalue weighted by Gasteiger charge is 2.44. The molecule has 0 bridgehead atoms. The Kier molecular flexibility index (Phi) is 6.75. The van der Waals surface area contributed by atoms with Crippen LogP contribution in [0.5, 0.6) is 0 Å². The number of allylic oxidation sites excluding steroid dienone is 3. The van der Waals surface area contributed by atoms with E-state index in [2.05, 4.69) is 6.58 Å². The fraction of sp³-hybridized carbons (Fsp3) is 0.400. The standard InChI is InChI=1S/C25H29ClFNO4/c1-7-18(16-11-13-28(14-12-16)23(29)32-24(3,4)5)22-21(8-2)30-25(6,31-22)19-10-9-17(26)15-20(19)27/h7-11,15H,1,12-14H2,2-6H3/b21-8+,22-18-. The van der Waals surface area contributed by atoms with Crippen molar-refractivity contribution in [1.82, 2.24) is 4.90 Å². The van der Waals surface area contributed by atoms with Gasteiger partial charge >= 0.3 is 6.09 Å². The molecule has 0 spiro atoms. The number of benzene rings is 1. The number of nitrogens with zero attached hydrogens (tertiary/aromatic N) is 1. The fourth-order valence-corrected chi connectivity index (χ4v) is 3.80. The van der Waals surface area contributed by atoms with E-state index in [1.807, 2.05) is 33.8 Å². The van der Waals surface area contributed by atoms with Crippen molar-refractivity contribution in [2.75, 3.05) is 13.1 Å². The van der Waals surface area contributed by atoms with Crippen LogP contribution in [-0.4, -0.2) is 29.7 Å². The van der Waals surface area contributed by atoms with Gasteiger partial charge in [0.2, 0.25) is 0 Å². The SMILES string of the molecule is C=C/C(C1=CCN(C(=O)OC(C)(C)C)CC1)=C1/OC(C)(c2ccc(Cl)cc2F)O/C1=C/C. The minimum absolute atomic E-state index is 0.244. The number of halogens is 2.